The van der Waals surface area contributed by atoms with Crippen LogP contribution in [0.2, 0.25) is 0 Å². The molecule has 3 aromatic heterocycles. The molecule has 7 rings (SSSR count). The van der Waals surface area contributed by atoms with Crippen LogP contribution in [0.5, 0.6) is 0 Å². The smallest absolute Gasteiger partial charge is 0.164 e. The van der Waals surface area contributed by atoms with Gasteiger partial charge in [0.05, 0.1) is 6.07 Å². The lowest BCUT2D eigenvalue weighted by molar-refractivity contribution is 0.844. The van der Waals surface area contributed by atoms with Crippen LogP contribution in [0.1, 0.15) is 17.0 Å². The van der Waals surface area contributed by atoms with Crippen molar-refractivity contribution < 1.29 is 0 Å². The van der Waals surface area contributed by atoms with E-state index in [9.17, 15) is 0 Å². The second-order valence-electron chi connectivity index (χ2n) is 10.9. The van der Waals surface area contributed by atoms with E-state index in [-0.39, 0.29) is 6.04 Å². The molecule has 0 saturated carbocycles. The molecule has 3 aromatic carbocycles. The predicted molar refractivity (Wildman–Crippen MR) is 182 cm³/mol. The fraction of sp³-hybridized carbons (Fsp3) is 0.0256. The Labute approximate surface area is 276 Å². The van der Waals surface area contributed by atoms with Crippen LogP contribution in [0.15, 0.2) is 128 Å². The third-order valence-electron chi connectivity index (χ3n) is 7.85. The predicted octanol–water partition coefficient (Wildman–Crippen LogP) is 7.13. The quantitative estimate of drug-likeness (QED) is 0.206. The van der Waals surface area contributed by atoms with Crippen LogP contribution in [0, 0.1) is 34.0 Å². The number of allylic oxidation sites excluding steroid dienone is 2. The highest BCUT2D eigenvalue weighted by molar-refractivity contribution is 5.77. The fourth-order valence-electron chi connectivity index (χ4n) is 5.20. The minimum atomic E-state index is -0.334. The molecule has 1 N–H and O–H groups in total. The third kappa shape index (κ3) is 6.14. The van der Waals surface area contributed by atoms with E-state index in [0.29, 0.717) is 28.9 Å². The van der Waals surface area contributed by atoms with Crippen molar-refractivity contribution >= 4 is 5.57 Å². The van der Waals surface area contributed by atoms with Crippen LogP contribution in [-0.2, 0) is 0 Å². The zero-order valence-electron chi connectivity index (χ0n) is 25.3. The van der Waals surface area contributed by atoms with E-state index in [4.69, 9.17) is 30.7 Å². The Morgan fingerprint density at radius 2 is 0.875 bits per heavy atom. The summed E-state index contributed by atoms with van der Waals surface area (Å²) in [6.07, 6.45) is 8.99. The highest BCUT2D eigenvalue weighted by atomic mass is 15.0. The Morgan fingerprint density at radius 1 is 0.479 bits per heavy atom. The number of aromatic nitrogens is 5. The van der Waals surface area contributed by atoms with Crippen LogP contribution < -0.4 is 5.32 Å². The molecule has 48 heavy (non-hydrogen) atoms. The van der Waals surface area contributed by atoms with Gasteiger partial charge in [0, 0.05) is 46.4 Å². The van der Waals surface area contributed by atoms with Crippen LogP contribution in [0.3, 0.4) is 0 Å². The molecule has 0 bridgehead atoms. The number of dihydropyridines is 1. The van der Waals surface area contributed by atoms with E-state index >= 15 is 0 Å². The van der Waals surface area contributed by atoms with Crippen molar-refractivity contribution in [2.24, 2.45) is 0 Å². The monoisotopic (exact) mass is 617 g/mol. The molecule has 9 heteroatoms. The first-order chi connectivity index (χ1) is 23.6. The summed E-state index contributed by atoms with van der Waals surface area (Å²) in [6.45, 7) is 0. The third-order valence-corrected chi connectivity index (χ3v) is 7.85. The molecule has 1 aliphatic rings. The van der Waals surface area contributed by atoms with Gasteiger partial charge >= 0.3 is 0 Å². The number of nitrogens with zero attached hydrogens (tertiary/aromatic N) is 8. The normalized spacial score (nSPS) is 13.4. The average Bonchev–Trinajstić information content (AvgIpc) is 3.18. The van der Waals surface area contributed by atoms with Crippen molar-refractivity contribution in [2.75, 3.05) is 0 Å². The second kappa shape index (κ2) is 13.0. The molecule has 0 amide bonds. The lowest BCUT2D eigenvalue weighted by atomic mass is 10.0. The summed E-state index contributed by atoms with van der Waals surface area (Å²) >= 11 is 0. The largest absolute Gasteiger partial charge is 0.372 e. The molecular weight excluding hydrogens is 594 g/mol. The fourth-order valence-corrected chi connectivity index (χ4v) is 5.20. The molecule has 1 atom stereocenters. The van der Waals surface area contributed by atoms with Gasteiger partial charge < -0.3 is 5.32 Å². The Morgan fingerprint density at radius 3 is 1.21 bits per heavy atom. The van der Waals surface area contributed by atoms with Crippen molar-refractivity contribution in [3.05, 3.63) is 145 Å². The number of nitriles is 3. The van der Waals surface area contributed by atoms with Gasteiger partial charge in [-0.25, -0.2) is 24.9 Å². The van der Waals surface area contributed by atoms with Gasteiger partial charge in [0.2, 0.25) is 0 Å². The van der Waals surface area contributed by atoms with Crippen molar-refractivity contribution in [2.45, 2.75) is 6.04 Å². The number of pyridine rings is 2. The highest BCUT2D eigenvalue weighted by Gasteiger charge is 2.14. The van der Waals surface area contributed by atoms with Gasteiger partial charge in [-0.15, -0.1) is 0 Å². The number of nitrogens with one attached hydrogen (secondary N) is 1. The van der Waals surface area contributed by atoms with E-state index in [1.165, 1.54) is 0 Å². The van der Waals surface area contributed by atoms with Gasteiger partial charge in [-0.2, -0.15) is 15.8 Å². The number of benzene rings is 3. The molecule has 0 saturated heterocycles. The maximum absolute atomic E-state index is 9.15. The summed E-state index contributed by atoms with van der Waals surface area (Å²) < 4.78 is 0. The first kappa shape index (κ1) is 29.4. The van der Waals surface area contributed by atoms with E-state index < -0.39 is 0 Å². The van der Waals surface area contributed by atoms with E-state index in [0.717, 1.165) is 50.1 Å². The molecule has 0 fully saturated rings. The molecule has 224 valence electrons. The SMILES string of the molecule is N#Cc1ccc(-c2ccc(-c3nc(-c4ccc(C5=CNC(C#N)C=C5)cc4)nc(-c4ccc(-c5ccc(C#N)nc5)cc4)n3)cc2)cn1. The van der Waals surface area contributed by atoms with Crippen LogP contribution in [0.25, 0.3) is 62.0 Å². The van der Waals surface area contributed by atoms with Crippen molar-refractivity contribution in [1.29, 1.82) is 15.8 Å². The zero-order valence-corrected chi connectivity index (χ0v) is 25.3. The summed E-state index contributed by atoms with van der Waals surface area (Å²) in [5, 5.41) is 30.4. The maximum Gasteiger partial charge on any atom is 0.164 e. The molecule has 0 aliphatic carbocycles. The molecule has 1 unspecified atom stereocenters. The van der Waals surface area contributed by atoms with Crippen LogP contribution >= 0.6 is 0 Å². The molecule has 6 aromatic rings. The molecule has 1 aliphatic heterocycles. The van der Waals surface area contributed by atoms with Crippen molar-refractivity contribution in [1.82, 2.24) is 30.2 Å². The average molecular weight is 618 g/mol. The zero-order chi connectivity index (χ0) is 32.9. The van der Waals surface area contributed by atoms with Gasteiger partial charge in [-0.1, -0.05) is 78.9 Å². The minimum absolute atomic E-state index is 0.334. The first-order valence-electron chi connectivity index (χ1n) is 14.9. The van der Waals surface area contributed by atoms with Crippen LogP contribution in [-0.4, -0.2) is 31.0 Å². The molecular formula is C39H23N9. The Bertz CT molecular complexity index is 2180. The van der Waals surface area contributed by atoms with Gasteiger partial charge in [0.25, 0.3) is 0 Å². The van der Waals surface area contributed by atoms with Crippen molar-refractivity contribution in [3.63, 3.8) is 0 Å². The molecule has 4 heterocycles. The van der Waals surface area contributed by atoms with Crippen molar-refractivity contribution in [3.8, 4) is 74.6 Å². The number of hydrogen-bond acceptors (Lipinski definition) is 9. The van der Waals surface area contributed by atoms with Gasteiger partial charge in [0.15, 0.2) is 17.5 Å². The Kier molecular flexibility index (Phi) is 7.96. The van der Waals surface area contributed by atoms with Gasteiger partial charge in [0.1, 0.15) is 29.6 Å². The van der Waals surface area contributed by atoms with E-state index in [1.54, 1.807) is 24.5 Å². The maximum atomic E-state index is 9.15. The molecule has 0 spiro atoms. The summed E-state index contributed by atoms with van der Waals surface area (Å²) in [6, 6.07) is 36.8. The van der Waals surface area contributed by atoms with Gasteiger partial charge in [-0.05, 0) is 52.6 Å². The Hall–Kier alpha value is -7.28. The summed E-state index contributed by atoms with van der Waals surface area (Å²) in [5.41, 5.74) is 8.87. The highest BCUT2D eigenvalue weighted by Crippen LogP contribution is 2.29. The summed E-state index contributed by atoms with van der Waals surface area (Å²) in [7, 11) is 0. The lowest BCUT2D eigenvalue weighted by Crippen LogP contribution is -2.22. The lowest BCUT2D eigenvalue weighted by Gasteiger charge is -2.13. The Balaban J connectivity index is 1.24. The minimum Gasteiger partial charge on any atom is -0.372 e. The standard InChI is InChI=1S/C39H23N9/c40-19-34-16-13-31(22-43-34)25-1-7-28(8-2-25)37-46-38(29-9-3-26(4-10-29)32-14-17-35(20-41)44-23-32)48-39(47-37)30-11-5-27(6-12-30)33-15-18-36(21-42)45-24-33/h1-18,22-24,34,43H. The van der Waals surface area contributed by atoms with E-state index in [1.807, 2.05) is 115 Å². The topological polar surface area (TPSA) is 148 Å². The second-order valence-corrected chi connectivity index (χ2v) is 10.9. The number of hydrogen-bond donors (Lipinski definition) is 1. The molecule has 0 radical (unpaired) electrons. The number of rotatable bonds is 6. The molecule has 9 nitrogen and oxygen atoms in total. The van der Waals surface area contributed by atoms with E-state index in [2.05, 4.69) is 21.4 Å². The summed E-state index contributed by atoms with van der Waals surface area (Å²) in [4.78, 5) is 23.0. The first-order valence-corrected chi connectivity index (χ1v) is 14.9. The van der Waals surface area contributed by atoms with Gasteiger partial charge in [-0.3, -0.25) is 0 Å². The van der Waals surface area contributed by atoms with Crippen LogP contribution in [0.4, 0.5) is 0 Å². The summed E-state index contributed by atoms with van der Waals surface area (Å²) in [5.74, 6) is 1.57.